The van der Waals surface area contributed by atoms with Crippen LogP contribution in [0.2, 0.25) is 0 Å². The second-order valence-electron chi connectivity index (χ2n) is 8.93. The Kier molecular flexibility index (Phi) is 18.4. The van der Waals surface area contributed by atoms with Crippen LogP contribution < -0.4 is 0 Å². The number of quaternary nitrogens is 1. The zero-order valence-corrected chi connectivity index (χ0v) is 20.4. The molecule has 1 aromatic carbocycles. The maximum Gasteiger partial charge on any atom is 0.303 e. The highest BCUT2D eigenvalue weighted by Crippen LogP contribution is 2.08. The molecule has 0 atom stereocenters. The average molecular weight is 429 g/mol. The van der Waals surface area contributed by atoms with Crippen molar-refractivity contribution in [1.82, 2.24) is 0 Å². The predicted octanol–water partition coefficient (Wildman–Crippen LogP) is 7.55. The minimum Gasteiger partial charge on any atom is -0.481 e. The fraction of sp³-hybridized carbons (Fsp3) is 0.536. The Hall–Kier alpha value is -2.13. The predicted molar refractivity (Wildman–Crippen MR) is 135 cm³/mol. The summed E-state index contributed by atoms with van der Waals surface area (Å²) in [6, 6.07) is 10.6. The number of nitrogens with zero attached hydrogens (tertiary/aromatic N) is 1. The van der Waals surface area contributed by atoms with Gasteiger partial charge in [-0.2, -0.15) is 0 Å². The number of aliphatic carboxylic acids is 1. The summed E-state index contributed by atoms with van der Waals surface area (Å²) < 4.78 is 0.990. The van der Waals surface area contributed by atoms with E-state index >= 15 is 0 Å². The number of carboxylic acids is 1. The summed E-state index contributed by atoms with van der Waals surface area (Å²) in [6.45, 7) is 3.25. The lowest BCUT2D eigenvalue weighted by atomic mass is 10.1. The van der Waals surface area contributed by atoms with E-state index in [4.69, 9.17) is 5.11 Å². The summed E-state index contributed by atoms with van der Waals surface area (Å²) in [5.74, 6) is -0.675. The molecule has 3 heteroatoms. The molecule has 0 aliphatic rings. The molecule has 174 valence electrons. The van der Waals surface area contributed by atoms with Gasteiger partial charge in [0.05, 0.1) is 21.1 Å². The molecule has 0 fully saturated rings. The Bertz CT molecular complexity index is 624. The minimum atomic E-state index is -0.675. The molecule has 0 unspecified atom stereocenters. The van der Waals surface area contributed by atoms with Gasteiger partial charge in [-0.15, -0.1) is 0 Å². The number of hydrogen-bond donors (Lipinski definition) is 1. The zero-order valence-electron chi connectivity index (χ0n) is 20.4. The first-order chi connectivity index (χ1) is 14.8. The van der Waals surface area contributed by atoms with Crippen LogP contribution in [0.1, 0.15) is 76.7 Å². The van der Waals surface area contributed by atoms with E-state index in [0.29, 0.717) is 6.42 Å². The highest BCUT2D eigenvalue weighted by atomic mass is 16.4. The third-order valence-electron chi connectivity index (χ3n) is 4.54. The number of benzene rings is 1. The van der Waals surface area contributed by atoms with Crippen molar-refractivity contribution in [2.45, 2.75) is 77.7 Å². The maximum atomic E-state index is 10.3. The van der Waals surface area contributed by atoms with Crippen LogP contribution >= 0.6 is 0 Å². The molecule has 0 aromatic heterocycles. The van der Waals surface area contributed by atoms with E-state index in [1.807, 2.05) is 0 Å². The van der Waals surface area contributed by atoms with E-state index in [9.17, 15) is 4.79 Å². The smallest absolute Gasteiger partial charge is 0.303 e. The summed E-state index contributed by atoms with van der Waals surface area (Å²) >= 11 is 0. The van der Waals surface area contributed by atoms with Gasteiger partial charge in [-0.05, 0) is 38.5 Å². The van der Waals surface area contributed by atoms with Crippen molar-refractivity contribution >= 4 is 5.97 Å². The quantitative estimate of drug-likeness (QED) is 0.178. The normalized spacial score (nSPS) is 11.9. The van der Waals surface area contributed by atoms with Crippen LogP contribution in [-0.4, -0.2) is 36.7 Å². The minimum absolute atomic E-state index is 0.319. The van der Waals surface area contributed by atoms with Crippen molar-refractivity contribution in [1.29, 1.82) is 0 Å². The third kappa shape index (κ3) is 24.0. The fourth-order valence-corrected chi connectivity index (χ4v) is 3.03. The van der Waals surface area contributed by atoms with Crippen molar-refractivity contribution in [3.05, 3.63) is 72.4 Å². The molecule has 0 heterocycles. The van der Waals surface area contributed by atoms with Crippen LogP contribution in [-0.2, 0) is 11.3 Å². The molecular formula is C28H46NO2+. The number of allylic oxidation sites excluding steroid dienone is 6. The summed E-state index contributed by atoms with van der Waals surface area (Å²) in [7, 11) is 6.60. The molecule has 0 aliphatic carbocycles. The van der Waals surface area contributed by atoms with Crippen molar-refractivity contribution < 1.29 is 14.4 Å². The second-order valence-corrected chi connectivity index (χ2v) is 8.93. The number of carbonyl (C=O) groups is 1. The molecule has 1 rings (SSSR count). The summed E-state index contributed by atoms with van der Waals surface area (Å²) in [5.41, 5.74) is 1.40. The van der Waals surface area contributed by atoms with Crippen molar-refractivity contribution in [2.75, 3.05) is 21.1 Å². The Morgan fingerprint density at radius 2 is 1.35 bits per heavy atom. The van der Waals surface area contributed by atoms with E-state index in [1.165, 1.54) is 18.4 Å². The van der Waals surface area contributed by atoms with E-state index < -0.39 is 5.97 Å². The van der Waals surface area contributed by atoms with Crippen LogP contribution in [0.3, 0.4) is 0 Å². The topological polar surface area (TPSA) is 37.3 Å². The Morgan fingerprint density at radius 1 is 0.806 bits per heavy atom. The van der Waals surface area contributed by atoms with Crippen LogP contribution in [0.15, 0.2) is 66.8 Å². The lowest BCUT2D eigenvalue weighted by Crippen LogP contribution is -2.33. The standard InChI is InChI=1S/C18H30O2.C10H16N/c1-2-3-4-5-6-7-8-9-10-11-12-13-14-15-16-17-18(19)20;1-11(2,3)9-10-7-5-4-6-8-10/h3-4,6-7,9-10H,2,5,8,11-17H2,1H3,(H,19,20);4-8H,9H2,1-3H3/q;+1/b4-3-,7-6-,10-9-;. The van der Waals surface area contributed by atoms with Gasteiger partial charge in [0.15, 0.2) is 0 Å². The molecule has 0 amide bonds. The lowest BCUT2D eigenvalue weighted by Gasteiger charge is -2.23. The van der Waals surface area contributed by atoms with Crippen LogP contribution in [0.25, 0.3) is 0 Å². The zero-order chi connectivity index (χ0) is 23.2. The van der Waals surface area contributed by atoms with E-state index in [1.54, 1.807) is 0 Å². The largest absolute Gasteiger partial charge is 0.481 e. The van der Waals surface area contributed by atoms with Gasteiger partial charge in [-0.25, -0.2) is 0 Å². The van der Waals surface area contributed by atoms with Crippen molar-refractivity contribution in [3.63, 3.8) is 0 Å². The molecular weight excluding hydrogens is 382 g/mol. The van der Waals surface area contributed by atoms with Crippen LogP contribution in [0.5, 0.6) is 0 Å². The number of rotatable bonds is 15. The van der Waals surface area contributed by atoms with Gasteiger partial charge in [0.2, 0.25) is 0 Å². The highest BCUT2D eigenvalue weighted by molar-refractivity contribution is 5.66. The van der Waals surface area contributed by atoms with Crippen LogP contribution in [0, 0.1) is 0 Å². The number of unbranched alkanes of at least 4 members (excludes halogenated alkanes) is 5. The molecule has 1 N–H and O–H groups in total. The molecule has 3 nitrogen and oxygen atoms in total. The fourth-order valence-electron chi connectivity index (χ4n) is 3.03. The summed E-state index contributed by atoms with van der Waals surface area (Å²) in [4.78, 5) is 10.3. The molecule has 0 saturated carbocycles. The van der Waals surface area contributed by atoms with E-state index in [0.717, 1.165) is 56.0 Å². The Morgan fingerprint density at radius 3 is 1.94 bits per heavy atom. The second kappa shape index (κ2) is 19.8. The van der Waals surface area contributed by atoms with Crippen molar-refractivity contribution in [2.24, 2.45) is 0 Å². The monoisotopic (exact) mass is 428 g/mol. The van der Waals surface area contributed by atoms with Gasteiger partial charge in [0.25, 0.3) is 0 Å². The first kappa shape index (κ1) is 28.9. The number of carboxylic acid groups (broad SMARTS) is 1. The Labute approximate surface area is 191 Å². The maximum absolute atomic E-state index is 10.3. The van der Waals surface area contributed by atoms with Gasteiger partial charge < -0.3 is 9.59 Å². The first-order valence-corrected chi connectivity index (χ1v) is 11.9. The summed E-state index contributed by atoms with van der Waals surface area (Å²) in [6.07, 6.45) is 23.4. The molecule has 0 radical (unpaired) electrons. The third-order valence-corrected chi connectivity index (χ3v) is 4.54. The summed E-state index contributed by atoms with van der Waals surface area (Å²) in [5, 5.41) is 8.50. The van der Waals surface area contributed by atoms with Gasteiger partial charge in [-0.3, -0.25) is 4.79 Å². The molecule has 31 heavy (non-hydrogen) atoms. The van der Waals surface area contributed by atoms with Crippen LogP contribution in [0.4, 0.5) is 0 Å². The SMILES string of the molecule is CC/C=C\C/C=C\C/C=C\CCCCCCCC(=O)O.C[N+](C)(C)Cc1ccccc1. The molecule has 0 spiro atoms. The van der Waals surface area contributed by atoms with Gasteiger partial charge in [0.1, 0.15) is 6.54 Å². The molecule has 0 aliphatic heterocycles. The molecule has 0 bridgehead atoms. The first-order valence-electron chi connectivity index (χ1n) is 11.9. The molecule has 1 aromatic rings. The number of hydrogen-bond acceptors (Lipinski definition) is 1. The van der Waals surface area contributed by atoms with Gasteiger partial charge in [0, 0.05) is 12.0 Å². The average Bonchev–Trinajstić information content (AvgIpc) is 2.71. The Balaban J connectivity index is 0.000000683. The van der Waals surface area contributed by atoms with E-state index in [2.05, 4.69) is 94.9 Å². The van der Waals surface area contributed by atoms with Gasteiger partial charge in [-0.1, -0.05) is 93.0 Å². The highest BCUT2D eigenvalue weighted by Gasteiger charge is 2.06. The lowest BCUT2D eigenvalue weighted by molar-refractivity contribution is -0.884. The van der Waals surface area contributed by atoms with E-state index in [-0.39, 0.29) is 0 Å². The van der Waals surface area contributed by atoms with Gasteiger partial charge >= 0.3 is 5.97 Å². The van der Waals surface area contributed by atoms with Crippen molar-refractivity contribution in [3.8, 4) is 0 Å². The molecule has 0 saturated heterocycles.